The van der Waals surface area contributed by atoms with Crippen molar-refractivity contribution in [2.75, 3.05) is 0 Å². The van der Waals surface area contributed by atoms with Crippen LogP contribution in [0.15, 0.2) is 34.5 Å². The lowest BCUT2D eigenvalue weighted by molar-refractivity contribution is -0.119. The average Bonchev–Trinajstić information content (AvgIpc) is 2.37. The largest absolute Gasteiger partial charge is 0.299 e. The standard InChI is InChI=1S/C15H17ClN2O/c1-4-13-15(11-6-5-7-12(16)8-11)14(10(3)19)9(2)17-18-13/h5-8,14-15H,4H2,1-3H3. The first-order valence-corrected chi connectivity index (χ1v) is 6.79. The number of hydrogen-bond donors (Lipinski definition) is 0. The van der Waals surface area contributed by atoms with Gasteiger partial charge in [0.05, 0.1) is 5.92 Å². The van der Waals surface area contributed by atoms with E-state index in [0.29, 0.717) is 5.02 Å². The van der Waals surface area contributed by atoms with Gasteiger partial charge in [-0.1, -0.05) is 30.7 Å². The Hall–Kier alpha value is -1.48. The summed E-state index contributed by atoms with van der Waals surface area (Å²) in [4.78, 5) is 12.0. The first kappa shape index (κ1) is 13.9. The lowest BCUT2D eigenvalue weighted by atomic mass is 9.76. The van der Waals surface area contributed by atoms with Gasteiger partial charge in [0.1, 0.15) is 5.78 Å². The van der Waals surface area contributed by atoms with E-state index < -0.39 is 0 Å². The Balaban J connectivity index is 2.52. The van der Waals surface area contributed by atoms with Gasteiger partial charge in [0.25, 0.3) is 0 Å². The van der Waals surface area contributed by atoms with Crippen molar-refractivity contribution >= 4 is 28.8 Å². The van der Waals surface area contributed by atoms with Crippen LogP contribution in [-0.2, 0) is 4.79 Å². The van der Waals surface area contributed by atoms with E-state index in [9.17, 15) is 4.79 Å². The predicted octanol–water partition coefficient (Wildman–Crippen LogP) is 3.87. The number of carbonyl (C=O) groups is 1. The van der Waals surface area contributed by atoms with Crippen molar-refractivity contribution in [3.8, 4) is 0 Å². The maximum Gasteiger partial charge on any atom is 0.139 e. The van der Waals surface area contributed by atoms with Gasteiger partial charge in [-0.15, -0.1) is 0 Å². The summed E-state index contributed by atoms with van der Waals surface area (Å²) in [5.74, 6) is -0.156. The second-order valence-electron chi connectivity index (χ2n) is 4.81. The van der Waals surface area contributed by atoms with E-state index in [-0.39, 0.29) is 17.6 Å². The van der Waals surface area contributed by atoms with Crippen molar-refractivity contribution < 1.29 is 4.79 Å². The van der Waals surface area contributed by atoms with Crippen LogP contribution in [0.25, 0.3) is 0 Å². The van der Waals surface area contributed by atoms with E-state index in [1.165, 1.54) is 0 Å². The van der Waals surface area contributed by atoms with E-state index in [1.54, 1.807) is 6.92 Å². The molecule has 2 unspecified atom stereocenters. The molecule has 0 bridgehead atoms. The molecule has 19 heavy (non-hydrogen) atoms. The number of Topliss-reactive ketones (excluding diaryl/α,β-unsaturated/α-hetero) is 1. The van der Waals surface area contributed by atoms with Gasteiger partial charge in [-0.2, -0.15) is 10.2 Å². The van der Waals surface area contributed by atoms with E-state index >= 15 is 0 Å². The van der Waals surface area contributed by atoms with Crippen molar-refractivity contribution in [3.63, 3.8) is 0 Å². The van der Waals surface area contributed by atoms with Crippen LogP contribution in [0.3, 0.4) is 0 Å². The molecule has 3 nitrogen and oxygen atoms in total. The summed E-state index contributed by atoms with van der Waals surface area (Å²) in [6, 6.07) is 7.64. The quantitative estimate of drug-likeness (QED) is 0.826. The zero-order valence-corrected chi connectivity index (χ0v) is 12.1. The minimum Gasteiger partial charge on any atom is -0.299 e. The van der Waals surface area contributed by atoms with Crippen LogP contribution < -0.4 is 0 Å². The molecule has 1 aromatic rings. The van der Waals surface area contributed by atoms with Crippen molar-refractivity contribution in [2.45, 2.75) is 33.1 Å². The lowest BCUT2D eigenvalue weighted by Crippen LogP contribution is -2.34. The van der Waals surface area contributed by atoms with Gasteiger partial charge in [0.15, 0.2) is 0 Å². The maximum atomic E-state index is 12.0. The van der Waals surface area contributed by atoms with Gasteiger partial charge in [-0.05, 0) is 38.0 Å². The number of rotatable bonds is 3. The van der Waals surface area contributed by atoms with Crippen molar-refractivity contribution in [1.29, 1.82) is 0 Å². The summed E-state index contributed by atoms with van der Waals surface area (Å²) in [6.45, 7) is 5.50. The Kier molecular flexibility index (Phi) is 4.15. The highest BCUT2D eigenvalue weighted by Gasteiger charge is 2.35. The Labute approximate surface area is 118 Å². The average molecular weight is 277 g/mol. The number of halogens is 1. The van der Waals surface area contributed by atoms with Crippen molar-refractivity contribution in [1.82, 2.24) is 0 Å². The van der Waals surface area contributed by atoms with Crippen LogP contribution in [0.4, 0.5) is 0 Å². The minimum atomic E-state index is -0.231. The fourth-order valence-corrected chi connectivity index (χ4v) is 2.80. The molecule has 1 heterocycles. The Bertz CT molecular complexity index is 563. The summed E-state index contributed by atoms with van der Waals surface area (Å²) in [6.07, 6.45) is 0.776. The van der Waals surface area contributed by atoms with E-state index in [1.807, 2.05) is 38.1 Å². The molecular formula is C15H17ClN2O. The number of benzene rings is 1. The number of ketones is 1. The molecule has 0 aliphatic carbocycles. The summed E-state index contributed by atoms with van der Waals surface area (Å²) >= 11 is 6.06. The first-order valence-electron chi connectivity index (χ1n) is 6.41. The number of nitrogens with zero attached hydrogens (tertiary/aromatic N) is 2. The Morgan fingerprint density at radius 1 is 1.37 bits per heavy atom. The third-order valence-corrected chi connectivity index (χ3v) is 3.72. The zero-order valence-electron chi connectivity index (χ0n) is 11.4. The van der Waals surface area contributed by atoms with Crippen LogP contribution in [0.1, 0.15) is 38.7 Å². The molecule has 1 aromatic carbocycles. The zero-order chi connectivity index (χ0) is 14.0. The second kappa shape index (κ2) is 5.66. The topological polar surface area (TPSA) is 41.8 Å². The van der Waals surface area contributed by atoms with Crippen LogP contribution in [0.2, 0.25) is 5.02 Å². The van der Waals surface area contributed by atoms with Crippen molar-refractivity contribution in [2.24, 2.45) is 16.1 Å². The molecule has 0 fully saturated rings. The monoisotopic (exact) mass is 276 g/mol. The molecule has 0 saturated carbocycles. The molecule has 1 aliphatic rings. The molecule has 0 aromatic heterocycles. The summed E-state index contributed by atoms with van der Waals surface area (Å²) in [5.41, 5.74) is 2.74. The normalized spacial score (nSPS) is 22.7. The summed E-state index contributed by atoms with van der Waals surface area (Å²) < 4.78 is 0. The highest BCUT2D eigenvalue weighted by Crippen LogP contribution is 2.33. The molecule has 2 atom stereocenters. The van der Waals surface area contributed by atoms with Crippen LogP contribution in [-0.4, -0.2) is 17.2 Å². The maximum absolute atomic E-state index is 12.0. The summed E-state index contributed by atoms with van der Waals surface area (Å²) in [5, 5.41) is 9.07. The van der Waals surface area contributed by atoms with E-state index in [2.05, 4.69) is 10.2 Å². The van der Waals surface area contributed by atoms with Gasteiger partial charge in [0.2, 0.25) is 0 Å². The molecule has 1 aliphatic heterocycles. The molecule has 100 valence electrons. The molecule has 0 radical (unpaired) electrons. The molecule has 0 amide bonds. The third-order valence-electron chi connectivity index (χ3n) is 3.49. The van der Waals surface area contributed by atoms with Crippen LogP contribution in [0.5, 0.6) is 0 Å². The Morgan fingerprint density at radius 3 is 2.68 bits per heavy atom. The SMILES string of the molecule is CCC1=NN=C(C)C(C(C)=O)C1c1cccc(Cl)c1. The number of hydrogen-bond acceptors (Lipinski definition) is 3. The van der Waals surface area contributed by atoms with E-state index in [0.717, 1.165) is 23.4 Å². The molecule has 0 spiro atoms. The van der Waals surface area contributed by atoms with Crippen molar-refractivity contribution in [3.05, 3.63) is 34.9 Å². The van der Waals surface area contributed by atoms with Crippen LogP contribution >= 0.6 is 11.6 Å². The van der Waals surface area contributed by atoms with Gasteiger partial charge in [0, 0.05) is 22.4 Å². The van der Waals surface area contributed by atoms with Gasteiger partial charge in [-0.25, -0.2) is 0 Å². The minimum absolute atomic E-state index is 0.0429. The molecule has 4 heteroatoms. The van der Waals surface area contributed by atoms with Gasteiger partial charge >= 0.3 is 0 Å². The number of carbonyl (C=O) groups excluding carboxylic acids is 1. The molecule has 0 N–H and O–H groups in total. The Morgan fingerprint density at radius 2 is 2.11 bits per heavy atom. The predicted molar refractivity (Wildman–Crippen MR) is 79.2 cm³/mol. The second-order valence-corrected chi connectivity index (χ2v) is 5.24. The molecule has 0 saturated heterocycles. The fraction of sp³-hybridized carbons (Fsp3) is 0.400. The smallest absolute Gasteiger partial charge is 0.139 e. The van der Waals surface area contributed by atoms with E-state index in [4.69, 9.17) is 11.6 Å². The van der Waals surface area contributed by atoms with Gasteiger partial charge in [-0.3, -0.25) is 4.79 Å². The highest BCUT2D eigenvalue weighted by atomic mass is 35.5. The summed E-state index contributed by atoms with van der Waals surface area (Å²) in [7, 11) is 0. The third kappa shape index (κ3) is 2.76. The van der Waals surface area contributed by atoms with Crippen LogP contribution in [0, 0.1) is 5.92 Å². The van der Waals surface area contributed by atoms with Gasteiger partial charge < -0.3 is 0 Å². The lowest BCUT2D eigenvalue weighted by Gasteiger charge is -2.29. The molecular weight excluding hydrogens is 260 g/mol. The highest BCUT2D eigenvalue weighted by molar-refractivity contribution is 6.30. The first-order chi connectivity index (χ1) is 9.04. The fourth-order valence-electron chi connectivity index (χ4n) is 2.61. The molecule has 2 rings (SSSR count).